The summed E-state index contributed by atoms with van der Waals surface area (Å²) in [4.78, 5) is 14.8. The van der Waals surface area contributed by atoms with Gasteiger partial charge >= 0.3 is 0 Å². The third-order valence-electron chi connectivity index (χ3n) is 4.98. The van der Waals surface area contributed by atoms with Gasteiger partial charge in [0.1, 0.15) is 0 Å². The predicted molar refractivity (Wildman–Crippen MR) is 101 cm³/mol. The number of anilines is 1. The Morgan fingerprint density at radius 2 is 1.88 bits per heavy atom. The average molecular weight is 338 g/mol. The lowest BCUT2D eigenvalue weighted by Gasteiger charge is -2.17. The molecule has 0 fully saturated rings. The van der Waals surface area contributed by atoms with Crippen molar-refractivity contribution in [3.8, 4) is 0 Å². The number of fused-ring (bicyclic) bond motifs is 1. The molecule has 4 heteroatoms. The molecular formula is C21H26N2O2. The summed E-state index contributed by atoms with van der Waals surface area (Å²) >= 11 is 0. The molecule has 2 N–H and O–H groups in total. The van der Waals surface area contributed by atoms with Crippen LogP contribution in [0, 0.1) is 20.8 Å². The molecule has 0 spiro atoms. The number of likely N-dealkylation sites (N-methyl/N-ethyl adjacent to an activating group) is 1. The number of hydrogen-bond acceptors (Lipinski definition) is 3. The fourth-order valence-electron chi connectivity index (χ4n) is 3.73. The van der Waals surface area contributed by atoms with Gasteiger partial charge < -0.3 is 15.3 Å². The Labute approximate surface area is 149 Å². The first kappa shape index (κ1) is 17.5. The molecule has 3 rings (SSSR count). The van der Waals surface area contributed by atoms with Crippen LogP contribution in [-0.4, -0.2) is 31.2 Å². The van der Waals surface area contributed by atoms with Crippen LogP contribution in [0.3, 0.4) is 0 Å². The quantitative estimate of drug-likeness (QED) is 0.901. The zero-order valence-electron chi connectivity index (χ0n) is 15.4. The molecule has 0 radical (unpaired) electrons. The SMILES string of the molecule is Cc1cc(C)c(C(=O)NCC(O)c2ccc3c(c2)CCN3C)c(C)c1. The smallest absolute Gasteiger partial charge is 0.251 e. The highest BCUT2D eigenvalue weighted by molar-refractivity contribution is 5.97. The molecule has 132 valence electrons. The van der Waals surface area contributed by atoms with Crippen molar-refractivity contribution in [2.45, 2.75) is 33.3 Å². The van der Waals surface area contributed by atoms with Gasteiger partial charge in [-0.05, 0) is 55.5 Å². The number of benzene rings is 2. The summed E-state index contributed by atoms with van der Waals surface area (Å²) in [5, 5.41) is 13.3. The van der Waals surface area contributed by atoms with Gasteiger partial charge in [-0.2, -0.15) is 0 Å². The van der Waals surface area contributed by atoms with Crippen LogP contribution in [0.5, 0.6) is 0 Å². The van der Waals surface area contributed by atoms with Crippen molar-refractivity contribution >= 4 is 11.6 Å². The maximum atomic E-state index is 12.5. The van der Waals surface area contributed by atoms with Crippen LogP contribution in [0.25, 0.3) is 0 Å². The fourth-order valence-corrected chi connectivity index (χ4v) is 3.73. The van der Waals surface area contributed by atoms with E-state index >= 15 is 0 Å². The van der Waals surface area contributed by atoms with E-state index in [0.29, 0.717) is 5.56 Å². The number of hydrogen-bond donors (Lipinski definition) is 2. The van der Waals surface area contributed by atoms with Gasteiger partial charge in [0, 0.05) is 31.4 Å². The zero-order chi connectivity index (χ0) is 18.1. The van der Waals surface area contributed by atoms with Crippen LogP contribution in [0.4, 0.5) is 5.69 Å². The average Bonchev–Trinajstić information content (AvgIpc) is 2.92. The van der Waals surface area contributed by atoms with Crippen LogP contribution in [-0.2, 0) is 6.42 Å². The first-order valence-corrected chi connectivity index (χ1v) is 8.75. The van der Waals surface area contributed by atoms with Gasteiger partial charge in [-0.3, -0.25) is 4.79 Å². The third-order valence-corrected chi connectivity index (χ3v) is 4.98. The summed E-state index contributed by atoms with van der Waals surface area (Å²) in [7, 11) is 2.08. The molecule has 1 aliphatic heterocycles. The van der Waals surface area contributed by atoms with Gasteiger partial charge in [-0.25, -0.2) is 0 Å². The molecule has 0 saturated carbocycles. The Bertz CT molecular complexity index is 791. The van der Waals surface area contributed by atoms with Crippen LogP contribution >= 0.6 is 0 Å². The number of rotatable bonds is 4. The van der Waals surface area contributed by atoms with Crippen molar-refractivity contribution in [1.29, 1.82) is 0 Å². The number of nitrogens with one attached hydrogen (secondary N) is 1. The topological polar surface area (TPSA) is 52.6 Å². The Morgan fingerprint density at radius 1 is 1.20 bits per heavy atom. The standard InChI is InChI=1S/C21H26N2O2/c1-13-9-14(2)20(15(3)10-13)21(25)22-12-19(24)17-5-6-18-16(11-17)7-8-23(18)4/h5-6,9-11,19,24H,7-8,12H2,1-4H3,(H,22,25). The molecular weight excluding hydrogens is 312 g/mol. The second-order valence-corrected chi connectivity index (χ2v) is 7.06. The summed E-state index contributed by atoms with van der Waals surface area (Å²) < 4.78 is 0. The molecule has 25 heavy (non-hydrogen) atoms. The third kappa shape index (κ3) is 3.54. The van der Waals surface area contributed by atoms with E-state index in [1.165, 1.54) is 11.3 Å². The van der Waals surface area contributed by atoms with E-state index in [-0.39, 0.29) is 12.5 Å². The normalized spacial score (nSPS) is 14.4. The van der Waals surface area contributed by atoms with Gasteiger partial charge in [-0.1, -0.05) is 29.8 Å². The first-order chi connectivity index (χ1) is 11.9. The summed E-state index contributed by atoms with van der Waals surface area (Å²) in [5.41, 5.74) is 7.12. The van der Waals surface area contributed by atoms with Gasteiger partial charge in [0.25, 0.3) is 5.91 Å². The molecule has 1 aliphatic rings. The first-order valence-electron chi connectivity index (χ1n) is 8.75. The van der Waals surface area contributed by atoms with Crippen molar-refractivity contribution < 1.29 is 9.90 Å². The molecule has 2 aromatic carbocycles. The van der Waals surface area contributed by atoms with Gasteiger partial charge in [0.15, 0.2) is 0 Å². The van der Waals surface area contributed by atoms with E-state index in [1.807, 2.05) is 39.0 Å². The molecule has 0 aromatic heterocycles. The zero-order valence-corrected chi connectivity index (χ0v) is 15.4. The molecule has 4 nitrogen and oxygen atoms in total. The van der Waals surface area contributed by atoms with E-state index < -0.39 is 6.10 Å². The van der Waals surface area contributed by atoms with Crippen molar-refractivity contribution in [2.24, 2.45) is 0 Å². The number of carbonyl (C=O) groups excluding carboxylic acids is 1. The molecule has 0 aliphatic carbocycles. The maximum absolute atomic E-state index is 12.5. The number of nitrogens with zero attached hydrogens (tertiary/aromatic N) is 1. The number of aliphatic hydroxyl groups excluding tert-OH is 1. The molecule has 2 aromatic rings. The van der Waals surface area contributed by atoms with E-state index in [9.17, 15) is 9.90 Å². The monoisotopic (exact) mass is 338 g/mol. The fraction of sp³-hybridized carbons (Fsp3) is 0.381. The Morgan fingerprint density at radius 3 is 2.56 bits per heavy atom. The second-order valence-electron chi connectivity index (χ2n) is 7.06. The highest BCUT2D eigenvalue weighted by atomic mass is 16.3. The minimum Gasteiger partial charge on any atom is -0.387 e. The maximum Gasteiger partial charge on any atom is 0.251 e. The molecule has 1 heterocycles. The van der Waals surface area contributed by atoms with Gasteiger partial charge in [0.2, 0.25) is 0 Å². The largest absolute Gasteiger partial charge is 0.387 e. The van der Waals surface area contributed by atoms with Crippen molar-refractivity contribution in [3.63, 3.8) is 0 Å². The lowest BCUT2D eigenvalue weighted by molar-refractivity contribution is 0.0915. The lowest BCUT2D eigenvalue weighted by Crippen LogP contribution is -2.29. The Kier molecular flexibility index (Phi) is 4.82. The lowest BCUT2D eigenvalue weighted by atomic mass is 9.99. The predicted octanol–water partition coefficient (Wildman–Crippen LogP) is 3.07. The van der Waals surface area contributed by atoms with Crippen molar-refractivity contribution in [3.05, 3.63) is 63.7 Å². The van der Waals surface area contributed by atoms with E-state index in [0.717, 1.165) is 35.2 Å². The minimum atomic E-state index is -0.703. The number of aryl methyl sites for hydroxylation is 3. The summed E-state index contributed by atoms with van der Waals surface area (Å²) in [6.45, 7) is 7.14. The molecule has 1 unspecified atom stereocenters. The molecule has 0 saturated heterocycles. The van der Waals surface area contributed by atoms with Crippen molar-refractivity contribution in [2.75, 3.05) is 25.0 Å². The summed E-state index contributed by atoms with van der Waals surface area (Å²) in [6, 6.07) is 10.1. The number of carbonyl (C=O) groups is 1. The Balaban J connectivity index is 1.69. The molecule has 1 atom stereocenters. The van der Waals surface area contributed by atoms with Crippen LogP contribution < -0.4 is 10.2 Å². The van der Waals surface area contributed by atoms with Gasteiger partial charge in [-0.15, -0.1) is 0 Å². The molecule has 1 amide bonds. The van der Waals surface area contributed by atoms with Crippen LogP contribution in [0.1, 0.15) is 44.3 Å². The summed E-state index contributed by atoms with van der Waals surface area (Å²) in [6.07, 6.45) is 0.298. The highest BCUT2D eigenvalue weighted by Crippen LogP contribution is 2.29. The van der Waals surface area contributed by atoms with Crippen molar-refractivity contribution in [1.82, 2.24) is 5.32 Å². The second kappa shape index (κ2) is 6.89. The number of aliphatic hydroxyl groups is 1. The van der Waals surface area contributed by atoms with Crippen LogP contribution in [0.15, 0.2) is 30.3 Å². The van der Waals surface area contributed by atoms with Crippen LogP contribution in [0.2, 0.25) is 0 Å². The van der Waals surface area contributed by atoms with E-state index in [2.05, 4.69) is 29.4 Å². The molecule has 0 bridgehead atoms. The van der Waals surface area contributed by atoms with E-state index in [1.54, 1.807) is 0 Å². The minimum absolute atomic E-state index is 0.130. The number of amides is 1. The summed E-state index contributed by atoms with van der Waals surface area (Å²) in [5.74, 6) is -0.130. The Hall–Kier alpha value is -2.33. The van der Waals surface area contributed by atoms with E-state index in [4.69, 9.17) is 0 Å². The highest BCUT2D eigenvalue weighted by Gasteiger charge is 2.19. The van der Waals surface area contributed by atoms with Gasteiger partial charge in [0.05, 0.1) is 6.10 Å².